The molecule has 2 aromatic carbocycles. The van der Waals surface area contributed by atoms with Crippen molar-refractivity contribution in [3.05, 3.63) is 69.9 Å². The first-order valence-corrected chi connectivity index (χ1v) is 7.26. The van der Waals surface area contributed by atoms with Gasteiger partial charge in [0, 0.05) is 28.7 Å². The molecule has 0 aliphatic rings. The van der Waals surface area contributed by atoms with E-state index < -0.39 is 0 Å². The van der Waals surface area contributed by atoms with Crippen LogP contribution in [0.3, 0.4) is 0 Å². The van der Waals surface area contributed by atoms with Crippen LogP contribution in [0.1, 0.15) is 27.0 Å². The smallest absolute Gasteiger partial charge is 0.152 e. The standard InChI is InChI=1S/C18H16ClNO/c1-12-3-4-14(7-13(12)2)9-20-10-15(11-21)17-6-5-16(19)8-18(17)20/h3-8,10-11H,9H2,1-2H3. The molecule has 0 spiro atoms. The number of nitrogens with zero attached hydrogens (tertiary/aromatic N) is 1. The van der Waals surface area contributed by atoms with Gasteiger partial charge < -0.3 is 4.57 Å². The van der Waals surface area contributed by atoms with E-state index in [-0.39, 0.29) is 0 Å². The second kappa shape index (κ2) is 5.38. The second-order valence-electron chi connectivity index (χ2n) is 5.41. The van der Waals surface area contributed by atoms with Crippen LogP contribution in [0.15, 0.2) is 42.6 Å². The molecule has 3 heteroatoms. The van der Waals surface area contributed by atoms with Gasteiger partial charge in [-0.05, 0) is 42.7 Å². The summed E-state index contributed by atoms with van der Waals surface area (Å²) in [4.78, 5) is 11.2. The quantitative estimate of drug-likeness (QED) is 0.638. The molecule has 0 saturated heterocycles. The van der Waals surface area contributed by atoms with Gasteiger partial charge >= 0.3 is 0 Å². The summed E-state index contributed by atoms with van der Waals surface area (Å²) in [6.07, 6.45) is 2.79. The minimum absolute atomic E-state index is 0.680. The van der Waals surface area contributed by atoms with E-state index >= 15 is 0 Å². The summed E-state index contributed by atoms with van der Waals surface area (Å²) in [5.41, 5.74) is 5.46. The third kappa shape index (κ3) is 2.59. The Morgan fingerprint density at radius 2 is 1.90 bits per heavy atom. The highest BCUT2D eigenvalue weighted by atomic mass is 35.5. The Balaban J connectivity index is 2.09. The van der Waals surface area contributed by atoms with Crippen molar-refractivity contribution < 1.29 is 4.79 Å². The van der Waals surface area contributed by atoms with Crippen LogP contribution < -0.4 is 0 Å². The molecule has 3 rings (SSSR count). The summed E-state index contributed by atoms with van der Waals surface area (Å²) in [5, 5.41) is 1.62. The number of aldehydes is 1. The van der Waals surface area contributed by atoms with Crippen molar-refractivity contribution in [3.63, 3.8) is 0 Å². The Labute approximate surface area is 129 Å². The minimum Gasteiger partial charge on any atom is -0.342 e. The van der Waals surface area contributed by atoms with Crippen molar-refractivity contribution in [3.8, 4) is 0 Å². The third-order valence-corrected chi connectivity index (χ3v) is 4.16. The van der Waals surface area contributed by atoms with E-state index in [0.717, 1.165) is 23.7 Å². The second-order valence-corrected chi connectivity index (χ2v) is 5.85. The zero-order valence-corrected chi connectivity index (χ0v) is 12.8. The topological polar surface area (TPSA) is 22.0 Å². The number of aromatic nitrogens is 1. The van der Waals surface area contributed by atoms with Crippen molar-refractivity contribution in [2.75, 3.05) is 0 Å². The molecular formula is C18H16ClNO. The van der Waals surface area contributed by atoms with E-state index in [0.29, 0.717) is 10.6 Å². The molecule has 0 aliphatic heterocycles. The number of rotatable bonds is 3. The molecule has 106 valence electrons. The summed E-state index contributed by atoms with van der Waals surface area (Å²) in [7, 11) is 0. The lowest BCUT2D eigenvalue weighted by Gasteiger charge is -2.08. The number of benzene rings is 2. The molecule has 0 amide bonds. The van der Waals surface area contributed by atoms with Crippen molar-refractivity contribution in [2.24, 2.45) is 0 Å². The van der Waals surface area contributed by atoms with Gasteiger partial charge in [-0.15, -0.1) is 0 Å². The molecule has 0 fully saturated rings. The summed E-state index contributed by atoms with van der Waals surface area (Å²) < 4.78 is 2.08. The average molecular weight is 298 g/mol. The summed E-state index contributed by atoms with van der Waals surface area (Å²) >= 11 is 6.09. The van der Waals surface area contributed by atoms with Crippen LogP contribution in [0.2, 0.25) is 5.02 Å². The molecule has 21 heavy (non-hydrogen) atoms. The van der Waals surface area contributed by atoms with Crippen LogP contribution in [0.25, 0.3) is 10.9 Å². The minimum atomic E-state index is 0.680. The lowest BCUT2D eigenvalue weighted by molar-refractivity contribution is 0.112. The van der Waals surface area contributed by atoms with Gasteiger partial charge in [-0.25, -0.2) is 0 Å². The van der Waals surface area contributed by atoms with Crippen LogP contribution in [-0.4, -0.2) is 10.9 Å². The third-order valence-electron chi connectivity index (χ3n) is 3.93. The molecule has 1 aromatic heterocycles. The van der Waals surface area contributed by atoms with E-state index in [1.807, 2.05) is 24.4 Å². The van der Waals surface area contributed by atoms with Crippen LogP contribution in [0, 0.1) is 13.8 Å². The SMILES string of the molecule is Cc1ccc(Cn2cc(C=O)c3ccc(Cl)cc32)cc1C. The lowest BCUT2D eigenvalue weighted by Crippen LogP contribution is -1.98. The number of hydrogen-bond acceptors (Lipinski definition) is 1. The van der Waals surface area contributed by atoms with Crippen LogP contribution in [-0.2, 0) is 6.54 Å². The first-order valence-electron chi connectivity index (χ1n) is 6.88. The Morgan fingerprint density at radius 3 is 2.62 bits per heavy atom. The molecule has 0 N–H and O–H groups in total. The lowest BCUT2D eigenvalue weighted by atomic mass is 10.1. The molecule has 2 nitrogen and oxygen atoms in total. The first-order chi connectivity index (χ1) is 10.1. The fourth-order valence-corrected chi connectivity index (χ4v) is 2.78. The highest BCUT2D eigenvalue weighted by Gasteiger charge is 2.09. The molecule has 0 atom stereocenters. The van der Waals surface area contributed by atoms with Crippen molar-refractivity contribution >= 4 is 28.8 Å². The number of fused-ring (bicyclic) bond motifs is 1. The molecule has 0 radical (unpaired) electrons. The predicted molar refractivity (Wildman–Crippen MR) is 87.4 cm³/mol. The Kier molecular flexibility index (Phi) is 3.56. The molecule has 3 aromatic rings. The number of carbonyl (C=O) groups is 1. The van der Waals surface area contributed by atoms with Crippen LogP contribution >= 0.6 is 11.6 Å². The number of aryl methyl sites for hydroxylation is 2. The zero-order valence-electron chi connectivity index (χ0n) is 12.1. The fourth-order valence-electron chi connectivity index (χ4n) is 2.62. The van der Waals surface area contributed by atoms with Gasteiger partial charge in [0.2, 0.25) is 0 Å². The van der Waals surface area contributed by atoms with Gasteiger partial charge in [-0.3, -0.25) is 4.79 Å². The Hall–Kier alpha value is -2.06. The van der Waals surface area contributed by atoms with Crippen molar-refractivity contribution in [2.45, 2.75) is 20.4 Å². The molecule has 0 bridgehead atoms. The summed E-state index contributed by atoms with van der Waals surface area (Å²) in [6, 6.07) is 12.1. The van der Waals surface area contributed by atoms with E-state index in [1.165, 1.54) is 16.7 Å². The Morgan fingerprint density at radius 1 is 1.10 bits per heavy atom. The molecule has 1 heterocycles. The van der Waals surface area contributed by atoms with Crippen LogP contribution in [0.4, 0.5) is 0 Å². The molecule has 0 saturated carbocycles. The number of hydrogen-bond donors (Lipinski definition) is 0. The van der Waals surface area contributed by atoms with Gasteiger partial charge in [0.15, 0.2) is 6.29 Å². The zero-order chi connectivity index (χ0) is 15.0. The number of halogens is 1. The Bertz CT molecular complexity index is 833. The van der Waals surface area contributed by atoms with Crippen LogP contribution in [0.5, 0.6) is 0 Å². The predicted octanol–water partition coefficient (Wildman–Crippen LogP) is 4.77. The van der Waals surface area contributed by atoms with Gasteiger partial charge in [0.1, 0.15) is 0 Å². The molecular weight excluding hydrogens is 282 g/mol. The largest absolute Gasteiger partial charge is 0.342 e. The summed E-state index contributed by atoms with van der Waals surface area (Å²) in [5.74, 6) is 0. The normalized spacial score (nSPS) is 11.0. The maximum Gasteiger partial charge on any atom is 0.152 e. The maximum absolute atomic E-state index is 11.2. The number of carbonyl (C=O) groups excluding carboxylic acids is 1. The highest BCUT2D eigenvalue weighted by molar-refractivity contribution is 6.31. The van der Waals surface area contributed by atoms with E-state index in [1.54, 1.807) is 0 Å². The van der Waals surface area contributed by atoms with Gasteiger partial charge in [-0.2, -0.15) is 0 Å². The van der Waals surface area contributed by atoms with Gasteiger partial charge in [0.05, 0.1) is 5.52 Å². The molecule has 0 aliphatic carbocycles. The maximum atomic E-state index is 11.2. The van der Waals surface area contributed by atoms with Gasteiger partial charge in [0.25, 0.3) is 0 Å². The van der Waals surface area contributed by atoms with E-state index in [4.69, 9.17) is 11.6 Å². The van der Waals surface area contributed by atoms with Crippen molar-refractivity contribution in [1.82, 2.24) is 4.57 Å². The fraction of sp³-hybridized carbons (Fsp3) is 0.167. The van der Waals surface area contributed by atoms with Gasteiger partial charge in [-0.1, -0.05) is 35.9 Å². The van der Waals surface area contributed by atoms with E-state index in [9.17, 15) is 4.79 Å². The monoisotopic (exact) mass is 297 g/mol. The highest BCUT2D eigenvalue weighted by Crippen LogP contribution is 2.25. The van der Waals surface area contributed by atoms with Crippen molar-refractivity contribution in [1.29, 1.82) is 0 Å². The van der Waals surface area contributed by atoms with E-state index in [2.05, 4.69) is 36.6 Å². The first kappa shape index (κ1) is 13.9. The summed E-state index contributed by atoms with van der Waals surface area (Å²) in [6.45, 7) is 4.95. The average Bonchev–Trinajstić information content (AvgIpc) is 2.80. The molecule has 0 unspecified atom stereocenters.